The molecule has 55 heteroatoms. The van der Waals surface area contributed by atoms with Crippen LogP contribution in [0.5, 0.6) is 0 Å². The van der Waals surface area contributed by atoms with E-state index in [0.29, 0.717) is 74.3 Å². The number of aliphatic imine (C=N–C) groups is 1. The number of sulfonamides is 4. The number of benzene rings is 4. The monoisotopic (exact) mass is 2220 g/mol. The SMILES string of the molecule is O=C(Nc1ccc(-n2cnc3c4c(ccc3c2=O)NCC4)nc1)NS(=O)(=O)c1ccc(Cl)s1.O=C(Nc1ccc(-n2cnc3cc(C4=NCCO4)ccc3c2=O)nc1)NS(=O)(=O)c1ccc(Cl)s1.O=C(Nc1ccc(-n2cnc3cc(NCCCC4CCCC4)ccc3c2=O)nc1)NS(=O)(=O)c1ccc(Cl)s1.O=C(Nc1ccc(-n2cnc3cc(NCCCN4CCOCC4)ccc3c2=O)nc1)NS(=O)(=O)c1ccc(Cl)s1. The topological polar surface area (TPSA) is 562 Å². The van der Waals surface area contributed by atoms with Crippen molar-refractivity contribution in [2.24, 2.45) is 10.9 Å². The van der Waals surface area contributed by atoms with Gasteiger partial charge in [0, 0.05) is 60.9 Å². The number of amides is 8. The first-order valence-electron chi connectivity index (χ1n) is 44.7. The summed E-state index contributed by atoms with van der Waals surface area (Å²) in [6.45, 7) is 8.12. The van der Waals surface area contributed by atoms with Crippen LogP contribution in [0.1, 0.15) is 56.1 Å². The largest absolute Gasteiger partial charge is 0.476 e. The Kier molecular flexibility index (Phi) is 32.7. The van der Waals surface area contributed by atoms with E-state index >= 15 is 0 Å². The van der Waals surface area contributed by atoms with Crippen LogP contribution in [0, 0.1) is 5.92 Å². The maximum absolute atomic E-state index is 13.1. The molecule has 1 saturated carbocycles. The number of ether oxygens (including phenoxy) is 2. The van der Waals surface area contributed by atoms with E-state index in [2.05, 4.69) is 87.0 Å². The molecule has 2 fully saturated rings. The predicted octanol–water partition coefficient (Wildman–Crippen LogP) is 14.3. The summed E-state index contributed by atoms with van der Waals surface area (Å²) in [5.74, 6) is 2.56. The summed E-state index contributed by atoms with van der Waals surface area (Å²) in [6, 6.07) is 38.8. The van der Waals surface area contributed by atoms with Crippen molar-refractivity contribution in [3.8, 4) is 23.3 Å². The Hall–Kier alpha value is -14.3. The number of carbonyl (C=O) groups excluding carboxylic acids is 4. The van der Waals surface area contributed by atoms with E-state index < -0.39 is 64.2 Å². The van der Waals surface area contributed by atoms with Crippen LogP contribution in [0.3, 0.4) is 0 Å². The first-order valence-corrected chi connectivity index (χ1v) is 55.4. The van der Waals surface area contributed by atoms with Crippen LogP contribution in [0.4, 0.5) is 59.0 Å². The highest BCUT2D eigenvalue weighted by molar-refractivity contribution is 7.93. The van der Waals surface area contributed by atoms with Crippen LogP contribution in [-0.4, -0.2) is 192 Å². The number of thiophene rings is 4. The third-order valence-electron chi connectivity index (χ3n) is 22.7. The van der Waals surface area contributed by atoms with Gasteiger partial charge >= 0.3 is 24.1 Å². The lowest BCUT2D eigenvalue weighted by atomic mass is 10.0. The molecule has 20 rings (SSSR count). The second-order valence-corrected chi connectivity index (χ2v) is 47.1. The van der Waals surface area contributed by atoms with Crippen molar-refractivity contribution >= 4 is 245 Å². The number of halogens is 4. The molecule has 11 N–H and O–H groups in total. The number of pyridine rings is 4. The van der Waals surface area contributed by atoms with E-state index in [1.807, 2.05) is 49.2 Å². The number of carbonyl (C=O) groups is 4. The molecular formula is C92H83Cl4N25O18S8. The summed E-state index contributed by atoms with van der Waals surface area (Å²) >= 11 is 26.4. The lowest BCUT2D eigenvalue weighted by Gasteiger charge is -2.26. The normalized spacial score (nSPS) is 13.6. The van der Waals surface area contributed by atoms with Crippen molar-refractivity contribution in [2.75, 3.05) is 103 Å². The van der Waals surface area contributed by atoms with Gasteiger partial charge in [0.1, 0.15) is 72.0 Å². The molecule has 16 aromatic rings. The maximum atomic E-state index is 13.1. The van der Waals surface area contributed by atoms with Crippen molar-refractivity contribution in [1.29, 1.82) is 0 Å². The summed E-state index contributed by atoms with van der Waals surface area (Å²) in [5.41, 5.74) is 6.62. The summed E-state index contributed by atoms with van der Waals surface area (Å²) in [6.07, 6.45) is 20.4. The van der Waals surface area contributed by atoms with Gasteiger partial charge in [0.25, 0.3) is 62.3 Å². The quantitative estimate of drug-likeness (QED) is 0.0213. The Labute approximate surface area is 871 Å². The smallest absolute Gasteiger partial charge is 0.333 e. The zero-order valence-corrected chi connectivity index (χ0v) is 86.0. The number of morpholine rings is 1. The zero-order valence-electron chi connectivity index (χ0n) is 76.4. The van der Waals surface area contributed by atoms with Crippen molar-refractivity contribution < 1.29 is 62.3 Å². The van der Waals surface area contributed by atoms with Gasteiger partial charge in [-0.25, -0.2) is 117 Å². The Morgan fingerprint density at radius 3 is 1.15 bits per heavy atom. The van der Waals surface area contributed by atoms with Gasteiger partial charge in [0.2, 0.25) is 5.90 Å². The summed E-state index contributed by atoms with van der Waals surface area (Å²) in [7, 11) is -16.2. The lowest BCUT2D eigenvalue weighted by Crippen LogP contribution is -2.37. The van der Waals surface area contributed by atoms with Gasteiger partial charge in [-0.1, -0.05) is 72.1 Å². The van der Waals surface area contributed by atoms with Gasteiger partial charge < -0.3 is 46.7 Å². The number of rotatable bonds is 27. The van der Waals surface area contributed by atoms with E-state index in [9.17, 15) is 72.0 Å². The summed E-state index contributed by atoms with van der Waals surface area (Å²) in [4.78, 5) is 142. The third-order valence-corrected chi connectivity index (χ3v) is 34.9. The Morgan fingerprint density at radius 2 is 0.776 bits per heavy atom. The molecule has 760 valence electrons. The number of nitrogens with one attached hydrogen (secondary N) is 11. The molecule has 0 spiro atoms. The van der Waals surface area contributed by atoms with E-state index in [-0.39, 0.29) is 90.8 Å². The molecule has 4 aliphatic rings. The minimum atomic E-state index is -4.06. The Balaban J connectivity index is 0.000000134. The number of hydrogen-bond donors (Lipinski definition) is 11. The Bertz CT molecular complexity index is 8490. The van der Waals surface area contributed by atoms with Crippen LogP contribution in [0.2, 0.25) is 17.3 Å². The average Bonchev–Trinajstić information content (AvgIpc) is 1.68. The van der Waals surface area contributed by atoms with Gasteiger partial charge in [-0.3, -0.25) is 42.3 Å². The highest BCUT2D eigenvalue weighted by Gasteiger charge is 2.28. The number of fused-ring (bicyclic) bond motifs is 6. The fourth-order valence-electron chi connectivity index (χ4n) is 15.7. The molecule has 15 heterocycles. The van der Waals surface area contributed by atoms with Gasteiger partial charge in [-0.15, -0.1) is 45.3 Å². The lowest BCUT2D eigenvalue weighted by molar-refractivity contribution is 0.0378. The zero-order chi connectivity index (χ0) is 103. The van der Waals surface area contributed by atoms with Crippen molar-refractivity contribution in [2.45, 2.75) is 68.2 Å². The van der Waals surface area contributed by atoms with Crippen molar-refractivity contribution in [3.05, 3.63) is 284 Å². The molecule has 43 nitrogen and oxygen atoms in total. The maximum Gasteiger partial charge on any atom is 0.333 e. The molecule has 3 aliphatic heterocycles. The molecular weight excluding hydrogens is 2140 g/mol. The fraction of sp³-hybridized carbons (Fsp3) is 0.207. The van der Waals surface area contributed by atoms with Gasteiger partial charge in [-0.2, -0.15) is 0 Å². The molecule has 0 atom stereocenters. The van der Waals surface area contributed by atoms with Gasteiger partial charge in [0.05, 0.1) is 128 Å². The van der Waals surface area contributed by atoms with E-state index in [1.54, 1.807) is 36.4 Å². The first kappa shape index (κ1) is 104. The second-order valence-electron chi connectivity index (χ2n) is 32.6. The Morgan fingerprint density at radius 1 is 0.408 bits per heavy atom. The van der Waals surface area contributed by atoms with E-state index in [1.165, 1.54) is 198 Å². The number of hydrogen-bond acceptors (Lipinski definition) is 35. The minimum absolute atomic E-state index is 0.0819. The number of nitrogens with zero attached hydrogens (tertiary/aromatic N) is 14. The standard InChI is InChI=1S/C26H27ClN6O4S2.C25H26ClN7O5S2.C21H15ClN6O5S2.C20H15ClN6O4S2/c27-22-10-12-24(38-22)39(36,37)32-26(35)31-19-8-11-23(29-15-19)33-16-30-21-14-18(7-9-20(21)25(33)34)28-13-3-6-17-4-1-2-5-17;26-21-5-7-23(39-21)40(36,37)31-25(35)30-18-3-6-22(28-15-18)33-16-29-20-14-17(2-4-19(20)24(33)34)27-8-1-9-32-10-12-38-13-11-32;22-16-4-6-18(34-16)35(31,32)27-21(30)26-13-2-5-17(24-10-13)28-11-25-15-9-12(19-23-7-8-33-19)1-3-14(15)20(28)29;21-15-4-6-17(32-15)33(30,31)26-20(29)25-11-1-5-16(23-9-11)27-10-24-18-12-7-8-22-14(12)3-2-13(18)19(27)28/h7-12,14-17,28H,1-6,13H2,(H2,31,32,35);2-7,14-16,27H,1,8-13H2,(H2,30,31,35);1-6,9-11H,7-8H2,(H2,26,27,30);1-6,9-10,22H,7-8H2,(H2,25,26,29). The molecule has 12 aromatic heterocycles. The number of anilines is 7. The molecule has 8 amide bonds. The second kappa shape index (κ2) is 46.2. The van der Waals surface area contributed by atoms with Crippen LogP contribution >= 0.6 is 91.8 Å². The molecule has 1 saturated heterocycles. The molecule has 1 aliphatic carbocycles. The predicted molar refractivity (Wildman–Crippen MR) is 565 cm³/mol. The van der Waals surface area contributed by atoms with E-state index in [4.69, 9.17) is 55.9 Å². The molecule has 0 bridgehead atoms. The highest BCUT2D eigenvalue weighted by atomic mass is 35.5. The van der Waals surface area contributed by atoms with Crippen LogP contribution in [0.15, 0.2) is 255 Å². The third kappa shape index (κ3) is 26.0. The van der Waals surface area contributed by atoms with Crippen LogP contribution in [-0.2, 0) is 56.0 Å². The average molecular weight is 2230 g/mol. The fourth-order valence-corrected chi connectivity index (χ4v) is 25.2. The molecule has 4 aromatic carbocycles. The highest BCUT2D eigenvalue weighted by Crippen LogP contribution is 2.34. The molecule has 147 heavy (non-hydrogen) atoms. The van der Waals surface area contributed by atoms with Crippen LogP contribution < -0.4 is 78.3 Å². The summed E-state index contributed by atoms with van der Waals surface area (Å²) < 4.78 is 122. The van der Waals surface area contributed by atoms with Crippen LogP contribution in [0.25, 0.3) is 66.9 Å². The van der Waals surface area contributed by atoms with Gasteiger partial charge in [-0.05, 0) is 202 Å². The summed E-state index contributed by atoms with van der Waals surface area (Å²) in [5, 5.41) is 21.4. The molecule has 0 radical (unpaired) electrons. The number of aromatic nitrogens is 12. The van der Waals surface area contributed by atoms with Gasteiger partial charge in [0.15, 0.2) is 0 Å². The van der Waals surface area contributed by atoms with Crippen molar-refractivity contribution in [3.63, 3.8) is 0 Å². The minimum Gasteiger partial charge on any atom is -0.476 e. The van der Waals surface area contributed by atoms with Crippen molar-refractivity contribution in [1.82, 2.24) is 81.9 Å². The first-order chi connectivity index (χ1) is 70.7. The number of urea groups is 4. The molecule has 0 unspecified atom stereocenters. The van der Waals surface area contributed by atoms with E-state index in [0.717, 1.165) is 151 Å².